The summed E-state index contributed by atoms with van der Waals surface area (Å²) in [4.78, 5) is 29.7. The van der Waals surface area contributed by atoms with Gasteiger partial charge in [0.15, 0.2) is 5.16 Å². The number of rotatable bonds is 5. The lowest BCUT2D eigenvalue weighted by molar-refractivity contribution is 0.102. The third kappa shape index (κ3) is 4.53. The summed E-state index contributed by atoms with van der Waals surface area (Å²) in [6.07, 6.45) is 3.40. The molecule has 0 bridgehead atoms. The van der Waals surface area contributed by atoms with Gasteiger partial charge in [-0.1, -0.05) is 0 Å². The topological polar surface area (TPSA) is 81.8 Å². The van der Waals surface area contributed by atoms with Gasteiger partial charge < -0.3 is 9.88 Å². The number of hydrogen-bond acceptors (Lipinski definition) is 5. The number of carbonyl (C=O) groups excluding carboxylic acids is 1. The van der Waals surface area contributed by atoms with Crippen molar-refractivity contribution in [2.45, 2.75) is 10.1 Å². The molecule has 0 saturated heterocycles. The Bertz CT molecular complexity index is 1320. The van der Waals surface area contributed by atoms with Gasteiger partial charge in [0, 0.05) is 30.4 Å². The van der Waals surface area contributed by atoms with Gasteiger partial charge in [-0.05, 0) is 60.3 Å². The molecule has 1 N–H and O–H groups in total. The molecule has 0 aliphatic rings. The fourth-order valence-corrected chi connectivity index (χ4v) is 3.59. The molecule has 31 heavy (non-hydrogen) atoms. The number of carbonyl (C=O) groups is 1. The number of aryl methyl sites for hydroxylation is 1. The van der Waals surface area contributed by atoms with Gasteiger partial charge in [0.25, 0.3) is 11.5 Å². The van der Waals surface area contributed by atoms with Crippen LogP contribution in [0.15, 0.2) is 81.8 Å². The molecule has 0 spiro atoms. The number of imidazole rings is 1. The van der Waals surface area contributed by atoms with Gasteiger partial charge in [-0.2, -0.15) is 9.78 Å². The summed E-state index contributed by atoms with van der Waals surface area (Å²) in [7, 11) is 1.82. The smallest absolute Gasteiger partial charge is 0.276 e. The summed E-state index contributed by atoms with van der Waals surface area (Å²) in [6.45, 7) is 0. The van der Waals surface area contributed by atoms with Gasteiger partial charge in [0.05, 0.1) is 11.4 Å². The molecule has 4 aromatic rings. The molecule has 2 heterocycles. The van der Waals surface area contributed by atoms with Crippen LogP contribution in [0.4, 0.5) is 14.5 Å². The van der Waals surface area contributed by atoms with Crippen LogP contribution in [0.2, 0.25) is 0 Å². The highest BCUT2D eigenvalue weighted by molar-refractivity contribution is 7.99. The molecule has 0 unspecified atom stereocenters. The summed E-state index contributed by atoms with van der Waals surface area (Å²) in [5.41, 5.74) is -0.0155. The highest BCUT2D eigenvalue weighted by Crippen LogP contribution is 2.33. The molecule has 4 rings (SSSR count). The predicted molar refractivity (Wildman–Crippen MR) is 111 cm³/mol. The van der Waals surface area contributed by atoms with Crippen LogP contribution in [0.25, 0.3) is 5.69 Å². The second-order valence-corrected chi connectivity index (χ2v) is 7.47. The number of aromatic nitrogens is 4. The highest BCUT2D eigenvalue weighted by Gasteiger charge is 2.15. The Morgan fingerprint density at radius 2 is 1.77 bits per heavy atom. The fraction of sp³-hybridized carbons (Fsp3) is 0.0476. The summed E-state index contributed by atoms with van der Waals surface area (Å²) >= 11 is 1.26. The normalized spacial score (nSPS) is 10.8. The molecule has 0 saturated carbocycles. The summed E-state index contributed by atoms with van der Waals surface area (Å²) < 4.78 is 29.8. The summed E-state index contributed by atoms with van der Waals surface area (Å²) in [5.74, 6) is -1.62. The van der Waals surface area contributed by atoms with Crippen LogP contribution >= 0.6 is 11.8 Å². The van der Waals surface area contributed by atoms with Crippen molar-refractivity contribution in [3.05, 3.63) is 94.7 Å². The first-order valence-electron chi connectivity index (χ1n) is 9.03. The van der Waals surface area contributed by atoms with Crippen LogP contribution in [0.5, 0.6) is 0 Å². The van der Waals surface area contributed by atoms with Crippen LogP contribution in [0, 0.1) is 11.6 Å². The Labute approximate surface area is 179 Å². The number of anilines is 1. The van der Waals surface area contributed by atoms with E-state index in [0.717, 1.165) is 4.68 Å². The molecule has 7 nitrogen and oxygen atoms in total. The minimum atomic E-state index is -0.636. The molecule has 0 aliphatic heterocycles. The van der Waals surface area contributed by atoms with E-state index in [1.165, 1.54) is 66.4 Å². The summed E-state index contributed by atoms with van der Waals surface area (Å²) in [5, 5.41) is 7.35. The van der Waals surface area contributed by atoms with E-state index < -0.39 is 23.1 Å². The van der Waals surface area contributed by atoms with Gasteiger partial charge in [-0.15, -0.1) is 0 Å². The molecular weight excluding hydrogens is 424 g/mol. The SMILES string of the molecule is Cn1ccnc1Sc1ccc(F)cc1NC(=O)c1ccc(=O)n(-c2ccc(F)cc2)n1. The zero-order chi connectivity index (χ0) is 22.0. The van der Waals surface area contributed by atoms with Crippen molar-refractivity contribution in [3.63, 3.8) is 0 Å². The van der Waals surface area contributed by atoms with E-state index in [2.05, 4.69) is 15.4 Å². The van der Waals surface area contributed by atoms with Crippen LogP contribution < -0.4 is 10.9 Å². The Balaban J connectivity index is 1.64. The maximum absolute atomic E-state index is 13.9. The average Bonchev–Trinajstić information content (AvgIpc) is 3.15. The Kier molecular flexibility index (Phi) is 5.63. The molecule has 2 aromatic heterocycles. The number of nitrogens with one attached hydrogen (secondary N) is 1. The lowest BCUT2D eigenvalue weighted by Crippen LogP contribution is -2.25. The number of hydrogen-bond donors (Lipinski definition) is 1. The van der Waals surface area contributed by atoms with Crippen molar-refractivity contribution < 1.29 is 13.6 Å². The van der Waals surface area contributed by atoms with Crippen molar-refractivity contribution in [1.29, 1.82) is 0 Å². The third-order valence-corrected chi connectivity index (χ3v) is 5.42. The molecule has 2 aromatic carbocycles. The van der Waals surface area contributed by atoms with Gasteiger partial charge in [-0.3, -0.25) is 9.59 Å². The van der Waals surface area contributed by atoms with E-state index in [1.807, 2.05) is 7.05 Å². The van der Waals surface area contributed by atoms with Gasteiger partial charge in [0.2, 0.25) is 0 Å². The molecule has 10 heteroatoms. The van der Waals surface area contributed by atoms with E-state index >= 15 is 0 Å². The van der Waals surface area contributed by atoms with E-state index in [0.29, 0.717) is 15.7 Å². The average molecular weight is 439 g/mol. The van der Waals surface area contributed by atoms with E-state index in [4.69, 9.17) is 0 Å². The van der Waals surface area contributed by atoms with Gasteiger partial charge >= 0.3 is 0 Å². The number of nitrogens with zero attached hydrogens (tertiary/aromatic N) is 4. The minimum absolute atomic E-state index is 0.0684. The summed E-state index contributed by atoms with van der Waals surface area (Å²) in [6, 6.07) is 11.6. The highest BCUT2D eigenvalue weighted by atomic mass is 32.2. The van der Waals surface area contributed by atoms with Crippen LogP contribution in [-0.2, 0) is 7.05 Å². The lowest BCUT2D eigenvalue weighted by atomic mass is 10.3. The predicted octanol–water partition coefficient (Wildman–Crippen LogP) is 3.65. The zero-order valence-corrected chi connectivity index (χ0v) is 16.9. The maximum atomic E-state index is 13.9. The quantitative estimate of drug-likeness (QED) is 0.513. The van der Waals surface area contributed by atoms with E-state index in [-0.39, 0.29) is 11.4 Å². The molecular formula is C21H15F2N5O2S. The maximum Gasteiger partial charge on any atom is 0.276 e. The Morgan fingerprint density at radius 1 is 1.03 bits per heavy atom. The van der Waals surface area contributed by atoms with Crippen molar-refractivity contribution in [2.75, 3.05) is 5.32 Å². The van der Waals surface area contributed by atoms with Crippen molar-refractivity contribution in [3.8, 4) is 5.69 Å². The second kappa shape index (κ2) is 8.52. The first kappa shape index (κ1) is 20.5. The molecule has 0 radical (unpaired) electrons. The van der Waals surface area contributed by atoms with Crippen molar-refractivity contribution >= 4 is 23.4 Å². The van der Waals surface area contributed by atoms with Crippen LogP contribution in [-0.4, -0.2) is 25.2 Å². The van der Waals surface area contributed by atoms with Crippen molar-refractivity contribution in [2.24, 2.45) is 7.05 Å². The Hall–Kier alpha value is -3.79. The number of benzene rings is 2. The lowest BCUT2D eigenvalue weighted by Gasteiger charge is -2.11. The number of halogens is 2. The second-order valence-electron chi connectivity index (χ2n) is 6.46. The first-order chi connectivity index (χ1) is 14.9. The zero-order valence-electron chi connectivity index (χ0n) is 16.1. The fourth-order valence-electron chi connectivity index (χ4n) is 2.72. The monoisotopic (exact) mass is 439 g/mol. The van der Waals surface area contributed by atoms with Crippen LogP contribution in [0.1, 0.15) is 10.5 Å². The molecule has 0 fully saturated rings. The van der Waals surface area contributed by atoms with Gasteiger partial charge in [-0.25, -0.2) is 13.8 Å². The van der Waals surface area contributed by atoms with E-state index in [9.17, 15) is 18.4 Å². The first-order valence-corrected chi connectivity index (χ1v) is 9.85. The van der Waals surface area contributed by atoms with E-state index in [1.54, 1.807) is 17.0 Å². The van der Waals surface area contributed by atoms with Crippen molar-refractivity contribution in [1.82, 2.24) is 19.3 Å². The van der Waals surface area contributed by atoms with Gasteiger partial charge in [0.1, 0.15) is 17.3 Å². The molecule has 0 atom stereocenters. The number of amides is 1. The molecule has 1 amide bonds. The Morgan fingerprint density at radius 3 is 2.48 bits per heavy atom. The molecule has 0 aliphatic carbocycles. The third-order valence-electron chi connectivity index (χ3n) is 4.27. The molecule has 156 valence electrons. The van der Waals surface area contributed by atoms with Crippen LogP contribution in [0.3, 0.4) is 0 Å². The minimum Gasteiger partial charge on any atom is -0.329 e. The standard InChI is InChI=1S/C21H15F2N5O2S/c1-27-11-10-24-21(27)31-18-8-4-14(23)12-17(18)25-20(30)16-7-9-19(29)28(26-16)15-5-2-13(22)3-6-15/h2-12H,1H3,(H,25,30). The largest absolute Gasteiger partial charge is 0.329 e.